The smallest absolute Gasteiger partial charge is 0.178 e. The van der Waals surface area contributed by atoms with E-state index in [1.54, 1.807) is 0 Å². The molecule has 0 amide bonds. The standard InChI is InChI=1S/C24H27NP.BrH/c1-5-13-21(14-6-1)25-26(22-15-7-2-8-16-22,23-17-9-3-10-18-23)24-19-11-4-12-20-24;/h2-4,7-12,15-21,25H,1,5-6,13-14H2;1H/q+1;/p-1. The molecule has 1 fully saturated rings. The predicted octanol–water partition coefficient (Wildman–Crippen LogP) is 1.82. The number of benzene rings is 3. The van der Waals surface area contributed by atoms with Crippen LogP contribution in [0, 0.1) is 0 Å². The van der Waals surface area contributed by atoms with E-state index < -0.39 is 7.41 Å². The topological polar surface area (TPSA) is 12.0 Å². The molecule has 3 heteroatoms. The molecule has 1 aliphatic rings. The molecule has 0 radical (unpaired) electrons. The third-order valence-electron chi connectivity index (χ3n) is 5.41. The molecule has 0 heterocycles. The van der Waals surface area contributed by atoms with Crippen LogP contribution in [-0.2, 0) is 0 Å². The largest absolute Gasteiger partial charge is 1.00 e. The van der Waals surface area contributed by atoms with Crippen molar-refractivity contribution in [3.63, 3.8) is 0 Å². The van der Waals surface area contributed by atoms with Crippen molar-refractivity contribution >= 4 is 23.3 Å². The SMILES string of the molecule is [Br-].c1ccc([P+](NC2CCCCC2)(c2ccccc2)c2ccccc2)cc1. The molecule has 27 heavy (non-hydrogen) atoms. The van der Waals surface area contributed by atoms with E-state index in [4.69, 9.17) is 0 Å². The van der Waals surface area contributed by atoms with Crippen LogP contribution in [0.25, 0.3) is 0 Å². The zero-order valence-electron chi connectivity index (χ0n) is 15.6. The molecule has 0 saturated heterocycles. The first kappa shape index (κ1) is 20.3. The van der Waals surface area contributed by atoms with Gasteiger partial charge in [0.1, 0.15) is 15.9 Å². The molecule has 3 aromatic rings. The fraction of sp³-hybridized carbons (Fsp3) is 0.250. The van der Waals surface area contributed by atoms with Crippen LogP contribution >= 0.6 is 7.41 Å². The van der Waals surface area contributed by atoms with Gasteiger partial charge in [0.05, 0.1) is 0 Å². The lowest BCUT2D eigenvalue weighted by atomic mass is 9.96. The number of hydrogen-bond donors (Lipinski definition) is 1. The zero-order valence-corrected chi connectivity index (χ0v) is 18.1. The third-order valence-corrected chi connectivity index (χ3v) is 9.38. The summed E-state index contributed by atoms with van der Waals surface area (Å²) in [5.41, 5.74) is 0. The van der Waals surface area contributed by atoms with Crippen LogP contribution in [0.4, 0.5) is 0 Å². The van der Waals surface area contributed by atoms with Gasteiger partial charge in [-0.05, 0) is 49.2 Å². The maximum atomic E-state index is 4.23. The lowest BCUT2D eigenvalue weighted by Crippen LogP contribution is -3.00. The molecule has 0 aliphatic heterocycles. The molecule has 0 unspecified atom stereocenters. The molecule has 0 bridgehead atoms. The number of nitrogens with one attached hydrogen (secondary N) is 1. The van der Waals surface area contributed by atoms with Crippen molar-refractivity contribution in [1.29, 1.82) is 0 Å². The summed E-state index contributed by atoms with van der Waals surface area (Å²) >= 11 is 0. The van der Waals surface area contributed by atoms with Crippen molar-refractivity contribution in [2.75, 3.05) is 0 Å². The first-order valence-corrected chi connectivity index (χ1v) is 11.5. The normalized spacial score (nSPS) is 15.1. The molecule has 1 N–H and O–H groups in total. The van der Waals surface area contributed by atoms with Gasteiger partial charge >= 0.3 is 0 Å². The third kappa shape index (κ3) is 4.35. The fourth-order valence-corrected chi connectivity index (χ4v) is 8.14. The average Bonchev–Trinajstić information content (AvgIpc) is 2.75. The van der Waals surface area contributed by atoms with Crippen molar-refractivity contribution in [2.24, 2.45) is 0 Å². The summed E-state index contributed by atoms with van der Waals surface area (Å²) in [5, 5.41) is 8.49. The molecule has 4 rings (SSSR count). The Hall–Kier alpha value is -1.47. The highest BCUT2D eigenvalue weighted by Gasteiger charge is 2.47. The minimum absolute atomic E-state index is 0. The summed E-state index contributed by atoms with van der Waals surface area (Å²) in [6, 6.07) is 33.9. The second-order valence-corrected chi connectivity index (χ2v) is 10.3. The van der Waals surface area contributed by atoms with Gasteiger partial charge in [0.2, 0.25) is 0 Å². The van der Waals surface area contributed by atoms with Gasteiger partial charge in [-0.2, -0.15) is 5.09 Å². The van der Waals surface area contributed by atoms with Crippen LogP contribution in [-0.4, -0.2) is 6.04 Å². The molecule has 0 aromatic heterocycles. The maximum absolute atomic E-state index is 4.23. The minimum atomic E-state index is -1.87. The van der Waals surface area contributed by atoms with Gasteiger partial charge in [-0.3, -0.25) is 0 Å². The summed E-state index contributed by atoms with van der Waals surface area (Å²) in [6.45, 7) is 0. The van der Waals surface area contributed by atoms with Gasteiger partial charge in [0, 0.05) is 6.04 Å². The molecule has 0 atom stereocenters. The van der Waals surface area contributed by atoms with Crippen LogP contribution in [0.3, 0.4) is 0 Å². The Labute approximate surface area is 174 Å². The Morgan fingerprint density at radius 3 is 1.30 bits per heavy atom. The monoisotopic (exact) mass is 439 g/mol. The Balaban J connectivity index is 0.00000210. The minimum Gasteiger partial charge on any atom is -1.00 e. The molecule has 0 spiro atoms. The summed E-state index contributed by atoms with van der Waals surface area (Å²) in [6.07, 6.45) is 6.64. The van der Waals surface area contributed by atoms with Crippen molar-refractivity contribution in [1.82, 2.24) is 5.09 Å². The summed E-state index contributed by atoms with van der Waals surface area (Å²) in [4.78, 5) is 0. The van der Waals surface area contributed by atoms with E-state index in [2.05, 4.69) is 96.1 Å². The van der Waals surface area contributed by atoms with E-state index >= 15 is 0 Å². The highest BCUT2D eigenvalue weighted by molar-refractivity contribution is 7.94. The van der Waals surface area contributed by atoms with Gasteiger partial charge in [-0.15, -0.1) is 0 Å². The van der Waals surface area contributed by atoms with Gasteiger partial charge in [0.15, 0.2) is 7.41 Å². The molecule has 1 aliphatic carbocycles. The number of hydrogen-bond acceptors (Lipinski definition) is 1. The number of halogens is 1. The Morgan fingerprint density at radius 1 is 0.556 bits per heavy atom. The zero-order chi connectivity index (χ0) is 17.7. The van der Waals surface area contributed by atoms with E-state index in [9.17, 15) is 0 Å². The molecular formula is C24H27BrNP. The van der Waals surface area contributed by atoms with Crippen LogP contribution in [0.2, 0.25) is 0 Å². The van der Waals surface area contributed by atoms with E-state index in [0.29, 0.717) is 6.04 Å². The molecule has 1 nitrogen and oxygen atoms in total. The lowest BCUT2D eigenvalue weighted by molar-refractivity contribution is -0.00000526. The first-order valence-electron chi connectivity index (χ1n) is 9.73. The van der Waals surface area contributed by atoms with Crippen LogP contribution in [0.5, 0.6) is 0 Å². The fourth-order valence-electron chi connectivity index (χ4n) is 4.13. The van der Waals surface area contributed by atoms with Gasteiger partial charge < -0.3 is 17.0 Å². The Bertz CT molecular complexity index is 705. The van der Waals surface area contributed by atoms with E-state index in [1.165, 1.54) is 48.0 Å². The second kappa shape index (κ2) is 9.64. The van der Waals surface area contributed by atoms with Crippen molar-refractivity contribution in [2.45, 2.75) is 38.1 Å². The second-order valence-electron chi connectivity index (χ2n) is 7.14. The van der Waals surface area contributed by atoms with Crippen LogP contribution < -0.4 is 38.0 Å². The van der Waals surface area contributed by atoms with Crippen molar-refractivity contribution in [3.05, 3.63) is 91.0 Å². The predicted molar refractivity (Wildman–Crippen MR) is 115 cm³/mol. The molecule has 3 aromatic carbocycles. The van der Waals surface area contributed by atoms with Crippen molar-refractivity contribution < 1.29 is 17.0 Å². The van der Waals surface area contributed by atoms with E-state index in [0.717, 1.165) is 0 Å². The average molecular weight is 440 g/mol. The maximum Gasteiger partial charge on any atom is 0.178 e. The highest BCUT2D eigenvalue weighted by atomic mass is 79.9. The highest BCUT2D eigenvalue weighted by Crippen LogP contribution is 2.52. The summed E-state index contributed by atoms with van der Waals surface area (Å²) in [5.74, 6) is 0. The lowest BCUT2D eigenvalue weighted by Gasteiger charge is -2.33. The van der Waals surface area contributed by atoms with Gasteiger partial charge in [-0.1, -0.05) is 73.9 Å². The quantitative estimate of drug-likeness (QED) is 0.597. The first-order chi connectivity index (χ1) is 12.9. The summed E-state index contributed by atoms with van der Waals surface area (Å²) < 4.78 is 0. The molecule has 1 saturated carbocycles. The molecular weight excluding hydrogens is 413 g/mol. The Kier molecular flexibility index (Phi) is 7.24. The van der Waals surface area contributed by atoms with E-state index in [1.807, 2.05) is 0 Å². The van der Waals surface area contributed by atoms with Crippen LogP contribution in [0.1, 0.15) is 32.1 Å². The Morgan fingerprint density at radius 2 is 0.926 bits per heavy atom. The van der Waals surface area contributed by atoms with Gasteiger partial charge in [0.25, 0.3) is 0 Å². The van der Waals surface area contributed by atoms with Gasteiger partial charge in [-0.25, -0.2) is 0 Å². The molecule has 140 valence electrons. The van der Waals surface area contributed by atoms with E-state index in [-0.39, 0.29) is 17.0 Å². The summed E-state index contributed by atoms with van der Waals surface area (Å²) in [7, 11) is -1.87. The number of rotatable bonds is 5. The van der Waals surface area contributed by atoms with Crippen molar-refractivity contribution in [3.8, 4) is 0 Å². The van der Waals surface area contributed by atoms with Crippen LogP contribution in [0.15, 0.2) is 91.0 Å².